The number of alkyl carbamates (subject to hydrolysis) is 1. The van der Waals surface area contributed by atoms with Crippen molar-refractivity contribution in [3.63, 3.8) is 0 Å². The number of nitrogens with zero attached hydrogens (tertiary/aromatic N) is 2. The summed E-state index contributed by atoms with van der Waals surface area (Å²) in [6.45, 7) is 15.2. The minimum Gasteiger partial charge on any atom is -0.444 e. The molecule has 0 aromatic heterocycles. The molecular formula is C29H51N5O6S2. The van der Waals surface area contributed by atoms with Gasteiger partial charge in [0.15, 0.2) is 10.2 Å². The summed E-state index contributed by atoms with van der Waals surface area (Å²) in [5.41, 5.74) is -1.70. The summed E-state index contributed by atoms with van der Waals surface area (Å²) in [5, 5.41) is 8.97. The summed E-state index contributed by atoms with van der Waals surface area (Å²) >= 11 is 1.62. The van der Waals surface area contributed by atoms with Crippen molar-refractivity contribution in [3.8, 4) is 0 Å². The Morgan fingerprint density at radius 1 is 1.10 bits per heavy atom. The second-order valence-electron chi connectivity index (χ2n) is 12.1. The van der Waals surface area contributed by atoms with Gasteiger partial charge in [0.1, 0.15) is 11.2 Å². The molecule has 11 nitrogen and oxygen atoms in total. The topological polar surface area (TPSA) is 138 Å². The summed E-state index contributed by atoms with van der Waals surface area (Å²) in [7, 11) is -0.355. The maximum Gasteiger partial charge on any atom is 0.435 e. The minimum atomic E-state index is -1.05. The molecule has 0 spiro atoms. The van der Waals surface area contributed by atoms with Gasteiger partial charge in [-0.15, -0.1) is 22.2 Å². The molecule has 240 valence electrons. The Hall–Kier alpha value is -2.28. The smallest absolute Gasteiger partial charge is 0.435 e. The molecule has 1 aliphatic heterocycles. The number of ether oxygens (including phenoxy) is 2. The van der Waals surface area contributed by atoms with Crippen molar-refractivity contribution in [1.29, 1.82) is 0 Å². The zero-order chi connectivity index (χ0) is 31.6. The monoisotopic (exact) mass is 629 g/mol. The van der Waals surface area contributed by atoms with Crippen molar-refractivity contribution in [3.05, 3.63) is 0 Å². The highest BCUT2D eigenvalue weighted by molar-refractivity contribution is 8.28. The molecule has 1 aliphatic carbocycles. The molecule has 0 bridgehead atoms. The molecule has 2 aliphatic rings. The first-order chi connectivity index (χ1) is 19.6. The van der Waals surface area contributed by atoms with Crippen molar-refractivity contribution in [2.75, 3.05) is 31.1 Å². The predicted molar refractivity (Wildman–Crippen MR) is 172 cm³/mol. The van der Waals surface area contributed by atoms with E-state index in [-0.39, 0.29) is 28.8 Å². The number of amides is 4. The molecule has 3 N–H and O–H groups in total. The number of aliphatic imine (C=N–C) groups is 1. The second kappa shape index (κ2) is 16.0. The lowest BCUT2D eigenvalue weighted by atomic mass is 10.1. The number of hydrogen-bond acceptors (Lipinski definition) is 7. The molecule has 1 saturated carbocycles. The van der Waals surface area contributed by atoms with E-state index in [9.17, 15) is 19.2 Å². The van der Waals surface area contributed by atoms with Gasteiger partial charge < -0.3 is 30.3 Å². The molecule has 2 fully saturated rings. The Balaban J connectivity index is 2.34. The third-order valence-corrected chi connectivity index (χ3v) is 11.8. The third-order valence-electron chi connectivity index (χ3n) is 6.70. The van der Waals surface area contributed by atoms with Gasteiger partial charge in [-0.1, -0.05) is 6.92 Å². The van der Waals surface area contributed by atoms with Gasteiger partial charge in [-0.25, -0.2) is 9.59 Å². The van der Waals surface area contributed by atoms with Gasteiger partial charge in [-0.2, -0.15) is 4.99 Å². The molecular weight excluding hydrogens is 578 g/mol. The zero-order valence-corrected chi connectivity index (χ0v) is 28.2. The van der Waals surface area contributed by atoms with Gasteiger partial charge in [0, 0.05) is 20.0 Å². The number of thioether (sulfide) groups is 1. The second-order valence-corrected chi connectivity index (χ2v) is 16.2. The maximum absolute atomic E-state index is 14.0. The average Bonchev–Trinajstić information content (AvgIpc) is 3.42. The van der Waals surface area contributed by atoms with E-state index >= 15 is 0 Å². The predicted octanol–water partition coefficient (Wildman–Crippen LogP) is 4.61. The molecule has 0 aromatic carbocycles. The SMILES string of the molecule is CCCN(CC)C(=O)C(NC(C)=O)C1(NC=NC(=O)OC(C)(C)CNC(=O)OC(C)(C)C)SCCCS1=C1CCCC1. The number of nitrogens with one attached hydrogen (secondary N) is 3. The summed E-state index contributed by atoms with van der Waals surface area (Å²) in [6.07, 6.45) is 5.89. The van der Waals surface area contributed by atoms with E-state index in [2.05, 4.69) is 20.9 Å². The number of carbonyl (C=O) groups excluding carboxylic acids is 4. The Bertz CT molecular complexity index is 1030. The van der Waals surface area contributed by atoms with Crippen LogP contribution in [0.2, 0.25) is 0 Å². The summed E-state index contributed by atoms with van der Waals surface area (Å²) < 4.78 is 9.88. The van der Waals surface area contributed by atoms with Gasteiger partial charge in [-0.05, 0) is 96.4 Å². The molecule has 2 rings (SSSR count). The van der Waals surface area contributed by atoms with Crippen molar-refractivity contribution < 1.29 is 28.7 Å². The van der Waals surface area contributed by atoms with Crippen LogP contribution in [0.3, 0.4) is 0 Å². The van der Waals surface area contributed by atoms with Crippen molar-refractivity contribution in [1.82, 2.24) is 20.9 Å². The first-order valence-electron chi connectivity index (χ1n) is 14.9. The van der Waals surface area contributed by atoms with E-state index in [1.165, 1.54) is 18.1 Å². The largest absolute Gasteiger partial charge is 0.444 e. The van der Waals surface area contributed by atoms with Crippen molar-refractivity contribution in [2.45, 2.75) is 115 Å². The van der Waals surface area contributed by atoms with E-state index in [0.717, 1.165) is 50.0 Å². The fourth-order valence-corrected chi connectivity index (χ4v) is 10.5. The number of hydrogen-bond donors (Lipinski definition) is 3. The van der Waals surface area contributed by atoms with Crippen LogP contribution in [0.4, 0.5) is 9.59 Å². The van der Waals surface area contributed by atoms with Crippen LogP contribution in [0.5, 0.6) is 0 Å². The van der Waals surface area contributed by atoms with Gasteiger partial charge in [0.2, 0.25) is 11.8 Å². The fraction of sp³-hybridized carbons (Fsp3) is 0.793. The average molecular weight is 630 g/mol. The van der Waals surface area contributed by atoms with Gasteiger partial charge >= 0.3 is 12.2 Å². The van der Waals surface area contributed by atoms with Gasteiger partial charge in [0.05, 0.1) is 12.9 Å². The molecule has 4 amide bonds. The van der Waals surface area contributed by atoms with Crippen LogP contribution in [0.25, 0.3) is 0 Å². The molecule has 3 atom stereocenters. The third kappa shape index (κ3) is 10.8. The van der Waals surface area contributed by atoms with Crippen LogP contribution in [0.15, 0.2) is 4.99 Å². The van der Waals surface area contributed by atoms with Crippen molar-refractivity contribution >= 4 is 57.4 Å². The van der Waals surface area contributed by atoms with Crippen LogP contribution in [-0.4, -0.2) is 92.7 Å². The molecule has 13 heteroatoms. The van der Waals surface area contributed by atoms with E-state index in [4.69, 9.17) is 9.47 Å². The lowest BCUT2D eigenvalue weighted by molar-refractivity contribution is -0.136. The first kappa shape index (κ1) is 35.9. The quantitative estimate of drug-likeness (QED) is 0.171. The van der Waals surface area contributed by atoms with E-state index in [1.807, 2.05) is 13.8 Å². The Morgan fingerprint density at radius 2 is 1.76 bits per heavy atom. The standard InChI is InChI=1S/C29H51N5O6S2/c1-9-16-34(10-2)24(36)23(33-21(3)35)29(41-17-13-18-42(29)22-14-11-12-15-22)32-20-31-26(38)40-28(7,8)19-30-25(37)39-27(4,5)6/h20,23H,9-19H2,1-8H3,(H,30,37)(H,33,35)(H,31,32,38). The van der Waals surface area contributed by atoms with E-state index in [0.29, 0.717) is 13.1 Å². The van der Waals surface area contributed by atoms with Crippen LogP contribution >= 0.6 is 22.2 Å². The number of rotatable bonds is 11. The first-order valence-corrected chi connectivity index (χ1v) is 17.3. The van der Waals surface area contributed by atoms with Crippen LogP contribution < -0.4 is 16.0 Å². The fourth-order valence-electron chi connectivity index (χ4n) is 4.92. The van der Waals surface area contributed by atoms with E-state index in [1.54, 1.807) is 51.3 Å². The number of carbonyl (C=O) groups is 4. The zero-order valence-electron chi connectivity index (χ0n) is 26.6. The highest BCUT2D eigenvalue weighted by Gasteiger charge is 2.50. The Kier molecular flexibility index (Phi) is 13.7. The summed E-state index contributed by atoms with van der Waals surface area (Å²) in [6, 6.07) is -0.847. The lowest BCUT2D eigenvalue weighted by Crippen LogP contribution is -2.65. The highest BCUT2D eigenvalue weighted by atomic mass is 32.2. The molecule has 0 aromatic rings. The highest BCUT2D eigenvalue weighted by Crippen LogP contribution is 2.50. The molecule has 0 radical (unpaired) electrons. The lowest BCUT2D eigenvalue weighted by Gasteiger charge is -2.46. The van der Waals surface area contributed by atoms with Crippen LogP contribution in [0, 0.1) is 0 Å². The summed E-state index contributed by atoms with van der Waals surface area (Å²) in [5.74, 6) is 1.27. The van der Waals surface area contributed by atoms with Crippen molar-refractivity contribution in [2.24, 2.45) is 4.99 Å². The number of likely N-dealkylation sites (N-methyl/N-ethyl adjacent to an activating group) is 1. The Labute approximate surface area is 258 Å². The van der Waals surface area contributed by atoms with E-state index < -0.39 is 33.6 Å². The molecule has 1 saturated heterocycles. The molecule has 1 heterocycles. The van der Waals surface area contributed by atoms with Gasteiger partial charge in [-0.3, -0.25) is 9.59 Å². The maximum atomic E-state index is 14.0. The molecule has 42 heavy (non-hydrogen) atoms. The normalized spacial score (nSPS) is 21.9. The van der Waals surface area contributed by atoms with Crippen LogP contribution in [0.1, 0.15) is 93.9 Å². The molecule has 3 unspecified atom stereocenters. The summed E-state index contributed by atoms with van der Waals surface area (Å²) in [4.78, 5) is 58.6. The van der Waals surface area contributed by atoms with Gasteiger partial charge in [0.25, 0.3) is 0 Å². The Morgan fingerprint density at radius 3 is 2.33 bits per heavy atom. The van der Waals surface area contributed by atoms with Crippen LogP contribution in [-0.2, 0) is 19.1 Å². The minimum absolute atomic E-state index is 0.0293.